The van der Waals surface area contributed by atoms with Crippen molar-refractivity contribution >= 4 is 5.97 Å². The van der Waals surface area contributed by atoms with Crippen LogP contribution in [0.1, 0.15) is 11.8 Å². The van der Waals surface area contributed by atoms with Crippen LogP contribution in [0.3, 0.4) is 0 Å². The van der Waals surface area contributed by atoms with Gasteiger partial charge in [-0.05, 0) is 12.1 Å². The van der Waals surface area contributed by atoms with Crippen LogP contribution in [-0.4, -0.2) is 37.5 Å². The standard InChI is InChI=1S/C8H9NO5/c10-4-1-2-5(9-3-4)6(11)7(12)8(13)14/h1-3,6-7,10-12H,(H,13,14). The average molecular weight is 199 g/mol. The molecule has 4 N–H and O–H groups in total. The van der Waals surface area contributed by atoms with Crippen LogP contribution in [0.2, 0.25) is 0 Å². The summed E-state index contributed by atoms with van der Waals surface area (Å²) in [6, 6.07) is 2.46. The third-order valence-corrected chi connectivity index (χ3v) is 1.63. The molecule has 0 radical (unpaired) electrons. The highest BCUT2D eigenvalue weighted by atomic mass is 16.4. The Bertz CT molecular complexity index is 323. The van der Waals surface area contributed by atoms with E-state index >= 15 is 0 Å². The molecule has 0 aromatic carbocycles. The lowest BCUT2D eigenvalue weighted by atomic mass is 10.1. The number of carbonyl (C=O) groups is 1. The van der Waals surface area contributed by atoms with E-state index in [4.69, 9.17) is 15.3 Å². The number of carboxylic acids is 1. The molecule has 2 atom stereocenters. The lowest BCUT2D eigenvalue weighted by Gasteiger charge is -2.12. The van der Waals surface area contributed by atoms with E-state index in [1.807, 2.05) is 0 Å². The number of carboxylic acid groups (broad SMARTS) is 1. The molecular weight excluding hydrogens is 190 g/mol. The molecule has 0 aliphatic carbocycles. The summed E-state index contributed by atoms with van der Waals surface area (Å²) in [4.78, 5) is 13.9. The van der Waals surface area contributed by atoms with Gasteiger partial charge in [0.05, 0.1) is 11.9 Å². The quantitative estimate of drug-likeness (QED) is 0.510. The summed E-state index contributed by atoms with van der Waals surface area (Å²) in [7, 11) is 0. The van der Waals surface area contributed by atoms with Gasteiger partial charge >= 0.3 is 5.97 Å². The molecule has 76 valence electrons. The monoisotopic (exact) mass is 199 g/mol. The van der Waals surface area contributed by atoms with Crippen LogP contribution in [0.4, 0.5) is 0 Å². The maximum atomic E-state index is 10.3. The Morgan fingerprint density at radius 1 is 1.36 bits per heavy atom. The molecule has 1 rings (SSSR count). The van der Waals surface area contributed by atoms with Gasteiger partial charge < -0.3 is 20.4 Å². The molecule has 2 unspecified atom stereocenters. The van der Waals surface area contributed by atoms with Gasteiger partial charge in [0.2, 0.25) is 0 Å². The topological polar surface area (TPSA) is 111 Å². The van der Waals surface area contributed by atoms with Crippen molar-refractivity contribution in [1.29, 1.82) is 0 Å². The molecule has 0 saturated carbocycles. The number of aromatic hydroxyl groups is 1. The molecule has 6 heteroatoms. The maximum Gasteiger partial charge on any atom is 0.335 e. The van der Waals surface area contributed by atoms with E-state index in [1.54, 1.807) is 0 Å². The molecule has 0 saturated heterocycles. The second-order valence-electron chi connectivity index (χ2n) is 2.67. The Balaban J connectivity index is 2.84. The predicted molar refractivity (Wildman–Crippen MR) is 44.5 cm³/mol. The summed E-state index contributed by atoms with van der Waals surface area (Å²) in [6.45, 7) is 0. The first-order chi connectivity index (χ1) is 6.52. The zero-order valence-corrected chi connectivity index (χ0v) is 7.03. The van der Waals surface area contributed by atoms with Crippen molar-refractivity contribution in [3.05, 3.63) is 24.0 Å². The van der Waals surface area contributed by atoms with Crippen molar-refractivity contribution in [1.82, 2.24) is 4.98 Å². The van der Waals surface area contributed by atoms with E-state index in [0.717, 1.165) is 6.20 Å². The molecule has 0 aliphatic heterocycles. The lowest BCUT2D eigenvalue weighted by molar-refractivity contribution is -0.153. The molecule has 6 nitrogen and oxygen atoms in total. The molecule has 0 aliphatic rings. The van der Waals surface area contributed by atoms with E-state index in [-0.39, 0.29) is 11.4 Å². The normalized spacial score (nSPS) is 14.7. The van der Waals surface area contributed by atoms with Crippen molar-refractivity contribution in [2.24, 2.45) is 0 Å². The second-order valence-corrected chi connectivity index (χ2v) is 2.67. The van der Waals surface area contributed by atoms with Crippen molar-refractivity contribution < 1.29 is 25.2 Å². The van der Waals surface area contributed by atoms with Crippen LogP contribution in [0.15, 0.2) is 18.3 Å². The molecule has 1 aromatic rings. The fourth-order valence-electron chi connectivity index (χ4n) is 0.869. The first kappa shape index (κ1) is 10.4. The fraction of sp³-hybridized carbons (Fsp3) is 0.250. The first-order valence-electron chi connectivity index (χ1n) is 3.76. The summed E-state index contributed by atoms with van der Waals surface area (Å²) in [5.41, 5.74) is -0.0160. The number of aliphatic hydroxyl groups excluding tert-OH is 2. The third kappa shape index (κ3) is 2.18. The highest BCUT2D eigenvalue weighted by Gasteiger charge is 2.25. The number of rotatable bonds is 3. The number of nitrogens with zero attached hydrogens (tertiary/aromatic N) is 1. The van der Waals surface area contributed by atoms with Gasteiger partial charge in [0.15, 0.2) is 6.10 Å². The average Bonchev–Trinajstić information content (AvgIpc) is 2.16. The van der Waals surface area contributed by atoms with Crippen molar-refractivity contribution in [2.45, 2.75) is 12.2 Å². The van der Waals surface area contributed by atoms with Crippen LogP contribution in [-0.2, 0) is 4.79 Å². The fourth-order valence-corrected chi connectivity index (χ4v) is 0.869. The molecular formula is C8H9NO5. The molecule has 1 aromatic heterocycles. The van der Waals surface area contributed by atoms with E-state index in [2.05, 4.69) is 4.98 Å². The van der Waals surface area contributed by atoms with Gasteiger partial charge in [0.1, 0.15) is 11.9 Å². The molecule has 14 heavy (non-hydrogen) atoms. The van der Waals surface area contributed by atoms with E-state index in [9.17, 15) is 9.90 Å². The Morgan fingerprint density at radius 2 is 2.00 bits per heavy atom. The number of aliphatic carboxylic acids is 1. The zero-order chi connectivity index (χ0) is 10.7. The Kier molecular flexibility index (Phi) is 3.00. The van der Waals surface area contributed by atoms with Gasteiger partial charge in [-0.2, -0.15) is 0 Å². The van der Waals surface area contributed by atoms with Gasteiger partial charge in [-0.1, -0.05) is 0 Å². The molecule has 0 amide bonds. The van der Waals surface area contributed by atoms with Gasteiger partial charge in [-0.3, -0.25) is 4.98 Å². The Hall–Kier alpha value is -1.66. The minimum Gasteiger partial charge on any atom is -0.506 e. The van der Waals surface area contributed by atoms with Crippen LogP contribution < -0.4 is 0 Å². The Labute approximate surface area is 79.1 Å². The maximum absolute atomic E-state index is 10.3. The highest BCUT2D eigenvalue weighted by molar-refractivity contribution is 5.72. The summed E-state index contributed by atoms with van der Waals surface area (Å²) >= 11 is 0. The van der Waals surface area contributed by atoms with Crippen LogP contribution in [0.25, 0.3) is 0 Å². The molecule has 0 fully saturated rings. The van der Waals surface area contributed by atoms with Gasteiger partial charge in [0, 0.05) is 0 Å². The smallest absolute Gasteiger partial charge is 0.335 e. The molecule has 1 heterocycles. The van der Waals surface area contributed by atoms with Crippen LogP contribution in [0, 0.1) is 0 Å². The first-order valence-corrected chi connectivity index (χ1v) is 3.76. The molecule has 0 spiro atoms. The predicted octanol–water partition coefficient (Wildman–Crippen LogP) is -0.734. The van der Waals surface area contributed by atoms with Gasteiger partial charge in [-0.15, -0.1) is 0 Å². The van der Waals surface area contributed by atoms with Crippen molar-refractivity contribution in [3.63, 3.8) is 0 Å². The SMILES string of the molecule is O=C(O)C(O)C(O)c1ccc(O)cn1. The number of hydrogen-bond acceptors (Lipinski definition) is 5. The highest BCUT2D eigenvalue weighted by Crippen LogP contribution is 2.16. The number of aliphatic hydroxyl groups is 2. The van der Waals surface area contributed by atoms with E-state index in [1.165, 1.54) is 12.1 Å². The van der Waals surface area contributed by atoms with Gasteiger partial charge in [-0.25, -0.2) is 4.79 Å². The van der Waals surface area contributed by atoms with Crippen LogP contribution >= 0.6 is 0 Å². The van der Waals surface area contributed by atoms with E-state index in [0.29, 0.717) is 0 Å². The number of aromatic nitrogens is 1. The summed E-state index contributed by atoms with van der Waals surface area (Å²) < 4.78 is 0. The number of hydrogen-bond donors (Lipinski definition) is 4. The summed E-state index contributed by atoms with van der Waals surface area (Å²) in [5.74, 6) is -1.64. The molecule has 0 bridgehead atoms. The minimum atomic E-state index is -1.92. The summed E-state index contributed by atoms with van der Waals surface area (Å²) in [5, 5.41) is 35.5. The second kappa shape index (κ2) is 4.03. The van der Waals surface area contributed by atoms with E-state index < -0.39 is 18.2 Å². The Morgan fingerprint density at radius 3 is 2.43 bits per heavy atom. The van der Waals surface area contributed by atoms with Crippen molar-refractivity contribution in [2.75, 3.05) is 0 Å². The number of pyridine rings is 1. The lowest BCUT2D eigenvalue weighted by Crippen LogP contribution is -2.27. The van der Waals surface area contributed by atoms with Crippen molar-refractivity contribution in [3.8, 4) is 5.75 Å². The van der Waals surface area contributed by atoms with Crippen LogP contribution in [0.5, 0.6) is 5.75 Å². The largest absolute Gasteiger partial charge is 0.506 e. The third-order valence-electron chi connectivity index (χ3n) is 1.63. The minimum absolute atomic E-state index is 0.0160. The zero-order valence-electron chi connectivity index (χ0n) is 7.03. The van der Waals surface area contributed by atoms with Gasteiger partial charge in [0.25, 0.3) is 0 Å². The summed E-state index contributed by atoms with van der Waals surface area (Å²) in [6.07, 6.45) is -2.48.